The van der Waals surface area contributed by atoms with Crippen LogP contribution in [0, 0.1) is 0 Å². The van der Waals surface area contributed by atoms with Crippen molar-refractivity contribution >= 4 is 11.7 Å². The number of nitrogens with zero attached hydrogens (tertiary/aromatic N) is 3. The van der Waals surface area contributed by atoms with Gasteiger partial charge in [-0.1, -0.05) is 0 Å². The Balaban J connectivity index is 2.23. The van der Waals surface area contributed by atoms with Gasteiger partial charge in [0.1, 0.15) is 0 Å². The second-order valence-electron chi connectivity index (χ2n) is 5.43. The summed E-state index contributed by atoms with van der Waals surface area (Å²) in [6, 6.07) is 2.75. The summed E-state index contributed by atoms with van der Waals surface area (Å²) in [4.78, 5) is 12.3. The van der Waals surface area contributed by atoms with Crippen LogP contribution in [0.3, 0.4) is 0 Å². The Labute approximate surface area is 119 Å². The fourth-order valence-electron chi connectivity index (χ4n) is 2.15. The molecule has 0 aliphatic carbocycles. The van der Waals surface area contributed by atoms with Crippen molar-refractivity contribution in [3.8, 4) is 0 Å². The SMILES string of the molecule is CC1(C)CN(c2ccc(C(N)=O)nn2)CC(C(F)(F)F)O1. The van der Waals surface area contributed by atoms with Crippen LogP contribution in [0.25, 0.3) is 0 Å². The van der Waals surface area contributed by atoms with E-state index < -0.39 is 23.8 Å². The van der Waals surface area contributed by atoms with E-state index in [-0.39, 0.29) is 24.6 Å². The van der Waals surface area contributed by atoms with Gasteiger partial charge in [0.05, 0.1) is 12.1 Å². The Morgan fingerprint density at radius 1 is 1.43 bits per heavy atom. The molecule has 0 bridgehead atoms. The normalized spacial score (nSPS) is 22.1. The molecule has 1 aromatic heterocycles. The number of halogens is 3. The highest BCUT2D eigenvalue weighted by Gasteiger charge is 2.48. The zero-order chi connectivity index (χ0) is 15.8. The number of ether oxygens (including phenoxy) is 1. The van der Waals surface area contributed by atoms with Crippen molar-refractivity contribution in [1.82, 2.24) is 10.2 Å². The van der Waals surface area contributed by atoms with Gasteiger partial charge in [0.2, 0.25) is 0 Å². The van der Waals surface area contributed by atoms with Gasteiger partial charge in [-0.25, -0.2) is 0 Å². The van der Waals surface area contributed by atoms with Crippen LogP contribution in [0.4, 0.5) is 19.0 Å². The van der Waals surface area contributed by atoms with Gasteiger partial charge in [0.15, 0.2) is 17.6 Å². The van der Waals surface area contributed by atoms with E-state index in [0.717, 1.165) is 0 Å². The Morgan fingerprint density at radius 3 is 2.57 bits per heavy atom. The van der Waals surface area contributed by atoms with Gasteiger partial charge in [-0.2, -0.15) is 13.2 Å². The standard InChI is InChI=1S/C12H15F3N4O2/c1-11(2)6-19(5-8(21-11)12(13,14)15)9-4-3-7(10(16)20)17-18-9/h3-4,8H,5-6H2,1-2H3,(H2,16,20). The van der Waals surface area contributed by atoms with Gasteiger partial charge >= 0.3 is 6.18 Å². The summed E-state index contributed by atoms with van der Waals surface area (Å²) in [6.07, 6.45) is -6.37. The van der Waals surface area contributed by atoms with Gasteiger partial charge in [-0.3, -0.25) is 4.79 Å². The fraction of sp³-hybridized carbons (Fsp3) is 0.583. The molecule has 0 radical (unpaired) electrons. The highest BCUT2D eigenvalue weighted by Crippen LogP contribution is 2.33. The minimum Gasteiger partial charge on any atom is -0.364 e. The Hall–Kier alpha value is -1.90. The van der Waals surface area contributed by atoms with Crippen LogP contribution in [-0.2, 0) is 4.74 Å². The zero-order valence-electron chi connectivity index (χ0n) is 11.5. The van der Waals surface area contributed by atoms with Crippen molar-refractivity contribution in [2.45, 2.75) is 31.7 Å². The van der Waals surface area contributed by atoms with Crippen molar-refractivity contribution in [3.05, 3.63) is 17.8 Å². The lowest BCUT2D eigenvalue weighted by Gasteiger charge is -2.43. The lowest BCUT2D eigenvalue weighted by molar-refractivity contribution is -0.251. The second-order valence-corrected chi connectivity index (χ2v) is 5.43. The van der Waals surface area contributed by atoms with E-state index in [2.05, 4.69) is 10.2 Å². The molecule has 1 aliphatic rings. The molecule has 1 unspecified atom stereocenters. The minimum atomic E-state index is -4.46. The van der Waals surface area contributed by atoms with Crippen LogP contribution in [0.15, 0.2) is 12.1 Å². The van der Waals surface area contributed by atoms with Crippen LogP contribution in [0.5, 0.6) is 0 Å². The van der Waals surface area contributed by atoms with Crippen LogP contribution >= 0.6 is 0 Å². The third-order valence-corrected chi connectivity index (χ3v) is 3.01. The minimum absolute atomic E-state index is 0.0429. The third-order valence-electron chi connectivity index (χ3n) is 3.01. The van der Waals surface area contributed by atoms with Crippen LogP contribution < -0.4 is 10.6 Å². The number of hydrogen-bond donors (Lipinski definition) is 1. The molecule has 1 fully saturated rings. The van der Waals surface area contributed by atoms with Gasteiger partial charge in [-0.05, 0) is 26.0 Å². The maximum Gasteiger partial charge on any atom is 0.416 e. The third kappa shape index (κ3) is 3.60. The molecule has 2 rings (SSSR count). The average Bonchev–Trinajstić information content (AvgIpc) is 2.36. The van der Waals surface area contributed by atoms with Gasteiger partial charge < -0.3 is 15.4 Å². The molecule has 21 heavy (non-hydrogen) atoms. The summed E-state index contributed by atoms with van der Waals surface area (Å²) in [7, 11) is 0. The zero-order valence-corrected chi connectivity index (χ0v) is 11.5. The van der Waals surface area contributed by atoms with Crippen LogP contribution in [0.2, 0.25) is 0 Å². The lowest BCUT2D eigenvalue weighted by atomic mass is 10.0. The summed E-state index contributed by atoms with van der Waals surface area (Å²) in [5.74, 6) is -0.504. The fourth-order valence-corrected chi connectivity index (χ4v) is 2.15. The van der Waals surface area contributed by atoms with E-state index in [1.807, 2.05) is 0 Å². The molecule has 2 heterocycles. The molecule has 1 saturated heterocycles. The molecule has 0 saturated carbocycles. The summed E-state index contributed by atoms with van der Waals surface area (Å²) >= 11 is 0. The summed E-state index contributed by atoms with van der Waals surface area (Å²) < 4.78 is 43.7. The Bertz CT molecular complexity index is 530. The smallest absolute Gasteiger partial charge is 0.364 e. The van der Waals surface area contributed by atoms with Crippen LogP contribution in [0.1, 0.15) is 24.3 Å². The molecule has 1 aromatic rings. The summed E-state index contributed by atoms with van der Waals surface area (Å²) in [5.41, 5.74) is 4.01. The van der Waals surface area contributed by atoms with Crippen molar-refractivity contribution in [2.24, 2.45) is 5.73 Å². The number of hydrogen-bond acceptors (Lipinski definition) is 5. The van der Waals surface area contributed by atoms with Gasteiger partial charge in [0, 0.05) is 6.54 Å². The monoisotopic (exact) mass is 304 g/mol. The van der Waals surface area contributed by atoms with Crippen LogP contribution in [-0.4, -0.2) is 47.1 Å². The van der Waals surface area contributed by atoms with Crippen molar-refractivity contribution < 1.29 is 22.7 Å². The first-order chi connectivity index (χ1) is 9.58. The number of anilines is 1. The first-order valence-corrected chi connectivity index (χ1v) is 6.21. The molecule has 1 atom stereocenters. The van der Waals surface area contributed by atoms with E-state index in [1.54, 1.807) is 13.8 Å². The second kappa shape index (κ2) is 5.14. The molecule has 6 nitrogen and oxygen atoms in total. The van der Waals surface area contributed by atoms with E-state index in [0.29, 0.717) is 0 Å². The van der Waals surface area contributed by atoms with E-state index in [4.69, 9.17) is 10.5 Å². The molecule has 0 aromatic carbocycles. The number of nitrogens with two attached hydrogens (primary N) is 1. The highest BCUT2D eigenvalue weighted by molar-refractivity contribution is 5.90. The Kier molecular flexibility index (Phi) is 3.79. The average molecular weight is 304 g/mol. The first kappa shape index (κ1) is 15.5. The van der Waals surface area contributed by atoms with Gasteiger partial charge in [-0.15, -0.1) is 10.2 Å². The van der Waals surface area contributed by atoms with Crippen molar-refractivity contribution in [2.75, 3.05) is 18.0 Å². The number of primary amides is 1. The number of amides is 1. The first-order valence-electron chi connectivity index (χ1n) is 6.21. The summed E-state index contributed by atoms with van der Waals surface area (Å²) in [5, 5.41) is 7.36. The van der Waals surface area contributed by atoms with E-state index >= 15 is 0 Å². The maximum absolute atomic E-state index is 12.9. The molecule has 0 spiro atoms. The molecular formula is C12H15F3N4O2. The topological polar surface area (TPSA) is 81.3 Å². The van der Waals surface area contributed by atoms with E-state index in [9.17, 15) is 18.0 Å². The predicted molar refractivity (Wildman–Crippen MR) is 67.8 cm³/mol. The quantitative estimate of drug-likeness (QED) is 0.885. The Morgan fingerprint density at radius 2 is 2.10 bits per heavy atom. The molecule has 2 N–H and O–H groups in total. The highest BCUT2D eigenvalue weighted by atomic mass is 19.4. The number of morpholine rings is 1. The molecule has 1 aliphatic heterocycles. The molecular weight excluding hydrogens is 289 g/mol. The predicted octanol–water partition coefficient (Wildman–Crippen LogP) is 1.12. The number of alkyl halides is 3. The van der Waals surface area contributed by atoms with Crippen molar-refractivity contribution in [1.29, 1.82) is 0 Å². The van der Waals surface area contributed by atoms with Crippen molar-refractivity contribution in [3.63, 3.8) is 0 Å². The van der Waals surface area contributed by atoms with E-state index in [1.165, 1.54) is 17.0 Å². The van der Waals surface area contributed by atoms with Gasteiger partial charge in [0.25, 0.3) is 5.91 Å². The lowest BCUT2D eigenvalue weighted by Crippen LogP contribution is -2.57. The number of rotatable bonds is 2. The largest absolute Gasteiger partial charge is 0.416 e. The number of aromatic nitrogens is 2. The molecule has 116 valence electrons. The molecule has 9 heteroatoms. The number of carbonyl (C=O) groups is 1. The maximum atomic E-state index is 12.9. The summed E-state index contributed by atoms with van der Waals surface area (Å²) in [6.45, 7) is 2.99. The number of carbonyl (C=O) groups excluding carboxylic acids is 1. The molecule has 1 amide bonds.